The molecule has 3 aromatic rings. The summed E-state index contributed by atoms with van der Waals surface area (Å²) in [6.45, 7) is 0.0221. The van der Waals surface area contributed by atoms with Gasteiger partial charge in [-0.05, 0) is 35.9 Å². The summed E-state index contributed by atoms with van der Waals surface area (Å²) in [6, 6.07) is 16.5. The number of benzene rings is 3. The van der Waals surface area contributed by atoms with Gasteiger partial charge in [0.1, 0.15) is 23.7 Å². The van der Waals surface area contributed by atoms with Gasteiger partial charge in [-0.1, -0.05) is 36.4 Å². The molecule has 0 aliphatic carbocycles. The first-order chi connectivity index (χ1) is 16.3. The average molecular weight is 461 g/mol. The van der Waals surface area contributed by atoms with Gasteiger partial charge in [-0.2, -0.15) is 0 Å². The minimum Gasteiger partial charge on any atom is -0.489 e. The van der Waals surface area contributed by atoms with E-state index in [9.17, 15) is 28.9 Å². The molecule has 1 fully saturated rings. The van der Waals surface area contributed by atoms with E-state index in [1.807, 2.05) is 0 Å². The number of barbiturate groups is 1. The molecule has 1 aliphatic heterocycles. The number of anilines is 1. The van der Waals surface area contributed by atoms with Crippen LogP contribution in [0.15, 0.2) is 78.4 Å². The van der Waals surface area contributed by atoms with Crippen LogP contribution in [0.3, 0.4) is 0 Å². The standard InChI is InChI=1S/C24H16FN3O6/c25-21-7-2-1-4-16(21)14-34-19-10-8-15(9-11-19)12-20-22(29)26-24(31)27(23(20)30)17-5-3-6-18(13-17)28(32)33/h1-13H,14H2,(H,26,29,31)/b20-12+. The molecule has 1 N–H and O–H groups in total. The van der Waals surface area contributed by atoms with E-state index in [1.54, 1.807) is 42.5 Å². The van der Waals surface area contributed by atoms with Gasteiger partial charge >= 0.3 is 6.03 Å². The first-order valence-corrected chi connectivity index (χ1v) is 9.95. The Morgan fingerprint density at radius 2 is 1.74 bits per heavy atom. The smallest absolute Gasteiger partial charge is 0.335 e. The van der Waals surface area contributed by atoms with Crippen molar-refractivity contribution in [2.75, 3.05) is 4.90 Å². The van der Waals surface area contributed by atoms with E-state index in [0.717, 1.165) is 6.07 Å². The third-order valence-corrected chi connectivity index (χ3v) is 4.94. The van der Waals surface area contributed by atoms with Gasteiger partial charge in [0.25, 0.3) is 17.5 Å². The second-order valence-electron chi connectivity index (χ2n) is 7.18. The molecule has 0 bridgehead atoms. The van der Waals surface area contributed by atoms with Crippen molar-refractivity contribution >= 4 is 35.3 Å². The van der Waals surface area contributed by atoms with E-state index in [2.05, 4.69) is 5.32 Å². The highest BCUT2D eigenvalue weighted by Gasteiger charge is 2.37. The zero-order valence-corrected chi connectivity index (χ0v) is 17.4. The number of hydrogen-bond donors (Lipinski definition) is 1. The normalized spacial score (nSPS) is 14.8. The van der Waals surface area contributed by atoms with Crippen LogP contribution in [0.2, 0.25) is 0 Å². The highest BCUT2D eigenvalue weighted by molar-refractivity contribution is 6.39. The van der Waals surface area contributed by atoms with E-state index in [0.29, 0.717) is 21.8 Å². The second kappa shape index (κ2) is 9.33. The van der Waals surface area contributed by atoms with Gasteiger partial charge in [-0.3, -0.25) is 25.0 Å². The Balaban J connectivity index is 1.54. The van der Waals surface area contributed by atoms with Gasteiger partial charge in [-0.15, -0.1) is 0 Å². The number of nitro benzene ring substituents is 1. The third-order valence-electron chi connectivity index (χ3n) is 4.94. The van der Waals surface area contributed by atoms with Crippen molar-refractivity contribution < 1.29 is 28.4 Å². The van der Waals surface area contributed by atoms with Gasteiger partial charge < -0.3 is 4.74 Å². The van der Waals surface area contributed by atoms with Crippen LogP contribution in [0.1, 0.15) is 11.1 Å². The zero-order chi connectivity index (χ0) is 24.2. The fourth-order valence-corrected chi connectivity index (χ4v) is 3.24. The van der Waals surface area contributed by atoms with Gasteiger partial charge in [0, 0.05) is 17.7 Å². The molecule has 3 aromatic carbocycles. The molecule has 4 amide bonds. The topological polar surface area (TPSA) is 119 Å². The molecule has 0 saturated carbocycles. The fourth-order valence-electron chi connectivity index (χ4n) is 3.24. The van der Waals surface area contributed by atoms with Crippen LogP contribution in [-0.4, -0.2) is 22.8 Å². The van der Waals surface area contributed by atoms with Crippen LogP contribution >= 0.6 is 0 Å². The number of urea groups is 1. The molecule has 0 spiro atoms. The molecular weight excluding hydrogens is 445 g/mol. The maximum Gasteiger partial charge on any atom is 0.335 e. The van der Waals surface area contributed by atoms with Crippen molar-refractivity contribution in [2.45, 2.75) is 6.61 Å². The predicted molar refractivity (Wildman–Crippen MR) is 119 cm³/mol. The summed E-state index contributed by atoms with van der Waals surface area (Å²) in [5, 5.41) is 13.1. The molecule has 1 saturated heterocycles. The summed E-state index contributed by atoms with van der Waals surface area (Å²) in [7, 11) is 0. The molecule has 1 aliphatic rings. The first kappa shape index (κ1) is 22.3. The van der Waals surface area contributed by atoms with E-state index in [1.165, 1.54) is 30.3 Å². The quantitative estimate of drug-likeness (QED) is 0.257. The molecule has 10 heteroatoms. The van der Waals surface area contributed by atoms with Crippen LogP contribution < -0.4 is 15.0 Å². The molecule has 1 heterocycles. The van der Waals surface area contributed by atoms with Crippen molar-refractivity contribution in [3.8, 4) is 5.75 Å². The number of nitrogens with zero attached hydrogens (tertiary/aromatic N) is 2. The maximum absolute atomic E-state index is 13.7. The third kappa shape index (κ3) is 4.65. The number of non-ortho nitro benzene ring substituents is 1. The molecule has 170 valence electrons. The number of ether oxygens (including phenoxy) is 1. The Bertz CT molecular complexity index is 1340. The summed E-state index contributed by atoms with van der Waals surface area (Å²) >= 11 is 0. The van der Waals surface area contributed by atoms with Crippen molar-refractivity contribution in [3.63, 3.8) is 0 Å². The number of carbonyl (C=O) groups excluding carboxylic acids is 3. The van der Waals surface area contributed by atoms with Gasteiger partial charge in [0.2, 0.25) is 0 Å². The van der Waals surface area contributed by atoms with E-state index in [4.69, 9.17) is 4.74 Å². The Morgan fingerprint density at radius 1 is 1.00 bits per heavy atom. The second-order valence-corrected chi connectivity index (χ2v) is 7.18. The highest BCUT2D eigenvalue weighted by Crippen LogP contribution is 2.26. The number of halogens is 1. The maximum atomic E-state index is 13.7. The Hall–Kier alpha value is -4.86. The monoisotopic (exact) mass is 461 g/mol. The van der Waals surface area contributed by atoms with Crippen LogP contribution in [-0.2, 0) is 16.2 Å². The van der Waals surface area contributed by atoms with E-state index < -0.39 is 22.8 Å². The Kier molecular flexibility index (Phi) is 6.13. The van der Waals surface area contributed by atoms with Gasteiger partial charge in [0.15, 0.2) is 0 Å². The molecule has 0 aromatic heterocycles. The SMILES string of the molecule is O=C1NC(=O)N(c2cccc([N+](=O)[O-])c2)C(=O)/C1=C/c1ccc(OCc2ccccc2F)cc1. The predicted octanol–water partition coefficient (Wildman–Crippen LogP) is 3.98. The Morgan fingerprint density at radius 3 is 2.44 bits per heavy atom. The lowest BCUT2D eigenvalue weighted by atomic mass is 10.1. The van der Waals surface area contributed by atoms with Gasteiger partial charge in [-0.25, -0.2) is 14.1 Å². The first-order valence-electron chi connectivity index (χ1n) is 9.95. The van der Waals surface area contributed by atoms with Crippen LogP contribution in [0.4, 0.5) is 20.6 Å². The molecular formula is C24H16FN3O6. The van der Waals surface area contributed by atoms with E-state index >= 15 is 0 Å². The summed E-state index contributed by atoms with van der Waals surface area (Å²) < 4.78 is 19.3. The number of rotatable bonds is 6. The van der Waals surface area contributed by atoms with Crippen LogP contribution in [0.25, 0.3) is 6.08 Å². The molecule has 9 nitrogen and oxygen atoms in total. The van der Waals surface area contributed by atoms with Crippen molar-refractivity contribution in [2.24, 2.45) is 0 Å². The Labute approximate surface area is 192 Å². The number of nitro groups is 1. The molecule has 0 unspecified atom stereocenters. The average Bonchev–Trinajstić information content (AvgIpc) is 2.82. The lowest BCUT2D eigenvalue weighted by Gasteiger charge is -2.26. The highest BCUT2D eigenvalue weighted by atomic mass is 19.1. The lowest BCUT2D eigenvalue weighted by molar-refractivity contribution is -0.384. The minimum atomic E-state index is -1.01. The molecule has 0 atom stereocenters. The minimum absolute atomic E-state index is 0.0221. The number of nitrogens with one attached hydrogen (secondary N) is 1. The summed E-state index contributed by atoms with van der Waals surface area (Å²) in [4.78, 5) is 48.6. The van der Waals surface area contributed by atoms with Gasteiger partial charge in [0.05, 0.1) is 10.6 Å². The summed E-state index contributed by atoms with van der Waals surface area (Å²) in [5.41, 5.74) is 0.166. The zero-order valence-electron chi connectivity index (χ0n) is 17.4. The molecule has 0 radical (unpaired) electrons. The van der Waals surface area contributed by atoms with Crippen molar-refractivity contribution in [1.82, 2.24) is 5.32 Å². The van der Waals surface area contributed by atoms with Crippen LogP contribution in [0.5, 0.6) is 5.75 Å². The van der Waals surface area contributed by atoms with E-state index in [-0.39, 0.29) is 29.4 Å². The fraction of sp³-hybridized carbons (Fsp3) is 0.0417. The number of amides is 4. The summed E-state index contributed by atoms with van der Waals surface area (Å²) in [6.07, 6.45) is 1.29. The summed E-state index contributed by atoms with van der Waals surface area (Å²) in [5.74, 6) is -1.75. The number of imide groups is 2. The van der Waals surface area contributed by atoms with Crippen molar-refractivity contribution in [1.29, 1.82) is 0 Å². The van der Waals surface area contributed by atoms with Crippen molar-refractivity contribution in [3.05, 3.63) is 105 Å². The van der Waals surface area contributed by atoms with Crippen LogP contribution in [0, 0.1) is 15.9 Å². The number of hydrogen-bond acceptors (Lipinski definition) is 6. The molecule has 34 heavy (non-hydrogen) atoms. The molecule has 4 rings (SSSR count). The lowest BCUT2D eigenvalue weighted by Crippen LogP contribution is -2.54. The largest absolute Gasteiger partial charge is 0.489 e. The number of carbonyl (C=O) groups is 3.